The number of benzene rings is 1. The van der Waals surface area contributed by atoms with Crippen LogP contribution in [0.4, 0.5) is 0 Å². The van der Waals surface area contributed by atoms with Crippen molar-refractivity contribution in [2.75, 3.05) is 27.4 Å². The summed E-state index contributed by atoms with van der Waals surface area (Å²) in [5.74, 6) is 0.900. The molecule has 0 radical (unpaired) electrons. The minimum atomic E-state index is 0.0749. The number of ether oxygens (including phenoxy) is 2. The summed E-state index contributed by atoms with van der Waals surface area (Å²) >= 11 is 0. The molecule has 0 spiro atoms. The van der Waals surface area contributed by atoms with E-state index < -0.39 is 0 Å². The first-order chi connectivity index (χ1) is 10.0. The normalized spacial score (nSPS) is 12.4. The summed E-state index contributed by atoms with van der Waals surface area (Å²) in [7, 11) is 3.38. The van der Waals surface area contributed by atoms with Gasteiger partial charge in [-0.2, -0.15) is 0 Å². The SMILES string of the molecule is CCC(C)N(CCOC)Cc1cc(C(=N)N)ccc1OC. The van der Waals surface area contributed by atoms with Gasteiger partial charge in [0.15, 0.2) is 0 Å². The molecular weight excluding hydrogens is 266 g/mol. The summed E-state index contributed by atoms with van der Waals surface area (Å²) in [6.45, 7) is 6.69. The predicted molar refractivity (Wildman–Crippen MR) is 86.0 cm³/mol. The van der Waals surface area contributed by atoms with E-state index in [9.17, 15) is 0 Å². The Morgan fingerprint density at radius 2 is 2.10 bits per heavy atom. The minimum Gasteiger partial charge on any atom is -0.496 e. The molecular formula is C16H27N3O2. The molecule has 5 heteroatoms. The third-order valence-corrected chi connectivity index (χ3v) is 3.76. The largest absolute Gasteiger partial charge is 0.496 e. The molecule has 21 heavy (non-hydrogen) atoms. The van der Waals surface area contributed by atoms with Crippen molar-refractivity contribution in [3.05, 3.63) is 29.3 Å². The van der Waals surface area contributed by atoms with Crippen LogP contribution < -0.4 is 10.5 Å². The molecule has 1 aromatic rings. The summed E-state index contributed by atoms with van der Waals surface area (Å²) in [5.41, 5.74) is 7.35. The van der Waals surface area contributed by atoms with Gasteiger partial charge in [-0.1, -0.05) is 6.92 Å². The van der Waals surface area contributed by atoms with Crippen LogP contribution in [0.5, 0.6) is 5.75 Å². The molecule has 0 heterocycles. The number of nitrogens with zero attached hydrogens (tertiary/aromatic N) is 1. The van der Waals surface area contributed by atoms with Crippen LogP contribution in [0.1, 0.15) is 31.4 Å². The van der Waals surface area contributed by atoms with Crippen molar-refractivity contribution in [3.8, 4) is 5.75 Å². The van der Waals surface area contributed by atoms with E-state index in [1.54, 1.807) is 14.2 Å². The molecule has 0 bridgehead atoms. The zero-order valence-corrected chi connectivity index (χ0v) is 13.5. The Kier molecular flexibility index (Phi) is 7.19. The lowest BCUT2D eigenvalue weighted by Crippen LogP contribution is -2.35. The zero-order chi connectivity index (χ0) is 15.8. The molecule has 1 aromatic carbocycles. The van der Waals surface area contributed by atoms with Crippen LogP contribution in [0.15, 0.2) is 18.2 Å². The van der Waals surface area contributed by atoms with Crippen molar-refractivity contribution >= 4 is 5.84 Å². The van der Waals surface area contributed by atoms with Crippen LogP contribution in [0.25, 0.3) is 0 Å². The number of amidine groups is 1. The molecule has 1 atom stereocenters. The third kappa shape index (κ3) is 5.02. The summed E-state index contributed by atoms with van der Waals surface area (Å²) in [4.78, 5) is 2.35. The smallest absolute Gasteiger partial charge is 0.123 e. The first-order valence-corrected chi connectivity index (χ1v) is 7.27. The molecule has 1 rings (SSSR count). The number of nitrogen functional groups attached to an aromatic ring is 1. The van der Waals surface area contributed by atoms with Gasteiger partial charge in [0.1, 0.15) is 11.6 Å². The van der Waals surface area contributed by atoms with Gasteiger partial charge in [-0.25, -0.2) is 0 Å². The summed E-state index contributed by atoms with van der Waals surface area (Å²) in [6, 6.07) is 6.07. The molecule has 118 valence electrons. The van der Waals surface area contributed by atoms with E-state index in [1.165, 1.54) is 0 Å². The first-order valence-electron chi connectivity index (χ1n) is 7.27. The van der Waals surface area contributed by atoms with E-state index in [-0.39, 0.29) is 5.84 Å². The van der Waals surface area contributed by atoms with Gasteiger partial charge in [-0.15, -0.1) is 0 Å². The summed E-state index contributed by atoms with van der Waals surface area (Å²) < 4.78 is 10.6. The van der Waals surface area contributed by atoms with Crippen molar-refractivity contribution in [2.45, 2.75) is 32.9 Å². The van der Waals surface area contributed by atoms with Crippen LogP contribution in [0.3, 0.4) is 0 Å². The molecule has 0 aromatic heterocycles. The minimum absolute atomic E-state index is 0.0749. The quantitative estimate of drug-likeness (QED) is 0.541. The molecule has 0 aliphatic rings. The Bertz CT molecular complexity index is 463. The molecule has 0 amide bonds. The van der Waals surface area contributed by atoms with Gasteiger partial charge in [0, 0.05) is 37.4 Å². The highest BCUT2D eigenvalue weighted by Crippen LogP contribution is 2.23. The predicted octanol–water partition coefficient (Wildman–Crippen LogP) is 2.23. The Labute approximate surface area is 127 Å². The molecule has 0 aliphatic carbocycles. The second-order valence-electron chi connectivity index (χ2n) is 5.16. The molecule has 0 fully saturated rings. The highest BCUT2D eigenvalue weighted by molar-refractivity contribution is 5.95. The van der Waals surface area contributed by atoms with Gasteiger partial charge < -0.3 is 15.2 Å². The Morgan fingerprint density at radius 1 is 1.38 bits per heavy atom. The highest BCUT2D eigenvalue weighted by atomic mass is 16.5. The lowest BCUT2D eigenvalue weighted by Gasteiger charge is -2.29. The van der Waals surface area contributed by atoms with E-state index in [4.69, 9.17) is 20.6 Å². The van der Waals surface area contributed by atoms with Crippen molar-refractivity contribution in [1.82, 2.24) is 4.90 Å². The van der Waals surface area contributed by atoms with Gasteiger partial charge >= 0.3 is 0 Å². The van der Waals surface area contributed by atoms with Gasteiger partial charge in [0.05, 0.1) is 13.7 Å². The number of nitrogens with two attached hydrogens (primary N) is 1. The highest BCUT2D eigenvalue weighted by Gasteiger charge is 2.15. The Balaban J connectivity index is 2.99. The number of rotatable bonds is 9. The number of nitrogens with one attached hydrogen (secondary N) is 1. The molecule has 3 N–H and O–H groups in total. The molecule has 0 saturated heterocycles. The standard InChI is InChI=1S/C16H27N3O2/c1-5-12(2)19(8-9-20-3)11-14-10-13(16(17)18)6-7-15(14)21-4/h6-7,10,12H,5,8-9,11H2,1-4H3,(H3,17,18). The molecule has 0 saturated carbocycles. The fourth-order valence-electron chi connectivity index (χ4n) is 2.21. The van der Waals surface area contributed by atoms with E-state index >= 15 is 0 Å². The van der Waals surface area contributed by atoms with Gasteiger partial charge in [-0.3, -0.25) is 10.3 Å². The van der Waals surface area contributed by atoms with Crippen LogP contribution in [-0.2, 0) is 11.3 Å². The number of hydrogen-bond donors (Lipinski definition) is 2. The van der Waals surface area contributed by atoms with E-state index in [2.05, 4.69) is 18.7 Å². The Hall–Kier alpha value is -1.59. The van der Waals surface area contributed by atoms with Crippen LogP contribution in [0, 0.1) is 5.41 Å². The molecule has 0 aliphatic heterocycles. The maximum absolute atomic E-state index is 7.58. The zero-order valence-electron chi connectivity index (χ0n) is 13.5. The molecule has 1 unspecified atom stereocenters. The van der Waals surface area contributed by atoms with Crippen molar-refractivity contribution < 1.29 is 9.47 Å². The Morgan fingerprint density at radius 3 is 2.62 bits per heavy atom. The summed E-state index contributed by atoms with van der Waals surface area (Å²) in [5, 5.41) is 7.58. The van der Waals surface area contributed by atoms with E-state index in [0.29, 0.717) is 12.6 Å². The lowest BCUT2D eigenvalue weighted by molar-refractivity contribution is 0.117. The number of methoxy groups -OCH3 is 2. The summed E-state index contributed by atoms with van der Waals surface area (Å²) in [6.07, 6.45) is 1.07. The average Bonchev–Trinajstić information content (AvgIpc) is 2.50. The first kappa shape index (κ1) is 17.5. The lowest BCUT2D eigenvalue weighted by atomic mass is 10.1. The van der Waals surface area contributed by atoms with Gasteiger partial charge in [0.2, 0.25) is 0 Å². The maximum Gasteiger partial charge on any atom is 0.123 e. The van der Waals surface area contributed by atoms with Crippen molar-refractivity contribution in [2.24, 2.45) is 5.73 Å². The fourth-order valence-corrected chi connectivity index (χ4v) is 2.21. The monoisotopic (exact) mass is 293 g/mol. The third-order valence-electron chi connectivity index (χ3n) is 3.76. The average molecular weight is 293 g/mol. The van der Waals surface area contributed by atoms with E-state index in [1.807, 2.05) is 18.2 Å². The van der Waals surface area contributed by atoms with Gasteiger partial charge in [0.25, 0.3) is 0 Å². The van der Waals surface area contributed by atoms with Crippen LogP contribution >= 0.6 is 0 Å². The van der Waals surface area contributed by atoms with Crippen molar-refractivity contribution in [3.63, 3.8) is 0 Å². The molecule has 5 nitrogen and oxygen atoms in total. The second kappa shape index (κ2) is 8.64. The fraction of sp³-hybridized carbons (Fsp3) is 0.562. The van der Waals surface area contributed by atoms with Gasteiger partial charge in [-0.05, 0) is 31.5 Å². The number of hydrogen-bond acceptors (Lipinski definition) is 4. The van der Waals surface area contributed by atoms with Crippen LogP contribution in [0.2, 0.25) is 0 Å². The topological polar surface area (TPSA) is 71.6 Å². The maximum atomic E-state index is 7.58. The van der Waals surface area contributed by atoms with Crippen molar-refractivity contribution in [1.29, 1.82) is 5.41 Å². The van der Waals surface area contributed by atoms with Crippen LogP contribution in [-0.4, -0.2) is 44.1 Å². The second-order valence-corrected chi connectivity index (χ2v) is 5.16. The van der Waals surface area contributed by atoms with E-state index in [0.717, 1.165) is 36.4 Å².